The van der Waals surface area contributed by atoms with Crippen molar-refractivity contribution in [3.05, 3.63) is 30.3 Å². The largest absolute Gasteiger partial charge is 0.493 e. The summed E-state index contributed by atoms with van der Waals surface area (Å²) in [5, 5.41) is 8.82. The summed E-state index contributed by atoms with van der Waals surface area (Å²) in [5.74, 6) is -0.207. The average molecular weight is 224 g/mol. The monoisotopic (exact) mass is 224 g/mol. The molecule has 0 spiro atoms. The Kier molecular flexibility index (Phi) is 5.36. The molecule has 0 aromatic heterocycles. The van der Waals surface area contributed by atoms with E-state index in [1.165, 1.54) is 0 Å². The van der Waals surface area contributed by atoms with Crippen molar-refractivity contribution in [2.45, 2.75) is 19.4 Å². The molecular formula is C12H16O4. The van der Waals surface area contributed by atoms with E-state index in [1.54, 1.807) is 6.92 Å². The van der Waals surface area contributed by atoms with Gasteiger partial charge in [-0.05, 0) is 19.1 Å². The molecule has 0 radical (unpaired) electrons. The molecule has 0 heterocycles. The van der Waals surface area contributed by atoms with Crippen LogP contribution in [0.25, 0.3) is 0 Å². The number of carboxylic acid groups (broad SMARTS) is 1. The van der Waals surface area contributed by atoms with Gasteiger partial charge in [0.1, 0.15) is 5.75 Å². The Labute approximate surface area is 94.8 Å². The average Bonchev–Trinajstić information content (AvgIpc) is 2.29. The summed E-state index contributed by atoms with van der Waals surface area (Å²) in [6, 6.07) is 9.29. The van der Waals surface area contributed by atoms with E-state index in [1.807, 2.05) is 30.3 Å². The predicted octanol–water partition coefficient (Wildman–Crippen LogP) is 1.95. The first-order valence-corrected chi connectivity index (χ1v) is 5.26. The van der Waals surface area contributed by atoms with E-state index in [2.05, 4.69) is 0 Å². The Balaban J connectivity index is 2.31. The molecule has 1 rings (SSSR count). The summed E-state index contributed by atoms with van der Waals surface area (Å²) in [6.45, 7) is 2.50. The Bertz CT molecular complexity index is 310. The Morgan fingerprint density at radius 1 is 1.38 bits per heavy atom. The quantitative estimate of drug-likeness (QED) is 0.769. The zero-order valence-electron chi connectivity index (χ0n) is 9.26. The molecule has 0 amide bonds. The van der Waals surface area contributed by atoms with E-state index in [0.29, 0.717) is 19.6 Å². The van der Waals surface area contributed by atoms with Crippen molar-refractivity contribution in [2.24, 2.45) is 0 Å². The first-order valence-electron chi connectivity index (χ1n) is 5.26. The van der Waals surface area contributed by atoms with Gasteiger partial charge < -0.3 is 14.6 Å². The van der Waals surface area contributed by atoms with Crippen LogP contribution in [0.2, 0.25) is 0 Å². The molecule has 0 fully saturated rings. The second-order valence-electron chi connectivity index (χ2n) is 3.23. The molecule has 16 heavy (non-hydrogen) atoms. The molecule has 0 aliphatic carbocycles. The molecule has 1 aromatic rings. The van der Waals surface area contributed by atoms with Crippen molar-refractivity contribution < 1.29 is 19.4 Å². The van der Waals surface area contributed by atoms with E-state index in [4.69, 9.17) is 14.6 Å². The van der Waals surface area contributed by atoms with Crippen LogP contribution >= 0.6 is 0 Å². The van der Waals surface area contributed by atoms with Gasteiger partial charge in [-0.2, -0.15) is 0 Å². The maximum absolute atomic E-state index is 10.8. The first-order chi connectivity index (χ1) is 7.74. The smallest absolute Gasteiger partial charge is 0.332 e. The summed E-state index contributed by atoms with van der Waals surface area (Å²) in [6.07, 6.45) is -0.438. The highest BCUT2D eigenvalue weighted by molar-refractivity contribution is 5.72. The lowest BCUT2D eigenvalue weighted by Crippen LogP contribution is -2.26. The highest BCUT2D eigenvalue weighted by Crippen LogP contribution is 2.09. The van der Waals surface area contributed by atoms with Crippen LogP contribution in [0.1, 0.15) is 13.3 Å². The Hall–Kier alpha value is -1.55. The van der Waals surface area contributed by atoms with Crippen LogP contribution in [-0.4, -0.2) is 30.4 Å². The van der Waals surface area contributed by atoms with Crippen LogP contribution in [0.15, 0.2) is 30.3 Å². The van der Waals surface area contributed by atoms with Crippen LogP contribution in [0.3, 0.4) is 0 Å². The fraction of sp³-hybridized carbons (Fsp3) is 0.417. The van der Waals surface area contributed by atoms with Crippen molar-refractivity contribution >= 4 is 5.97 Å². The highest BCUT2D eigenvalue weighted by atomic mass is 16.5. The van der Waals surface area contributed by atoms with Crippen molar-refractivity contribution in [1.82, 2.24) is 0 Å². The lowest BCUT2D eigenvalue weighted by atomic mass is 10.2. The van der Waals surface area contributed by atoms with Crippen LogP contribution in [0.5, 0.6) is 5.75 Å². The molecule has 0 saturated heterocycles. The molecule has 4 nitrogen and oxygen atoms in total. The third kappa shape index (κ3) is 4.31. The van der Waals surface area contributed by atoms with Gasteiger partial charge >= 0.3 is 5.97 Å². The molecule has 0 aliphatic rings. The maximum Gasteiger partial charge on any atom is 0.332 e. The normalized spacial score (nSPS) is 12.1. The van der Waals surface area contributed by atoms with Crippen LogP contribution in [0.4, 0.5) is 0 Å². The van der Waals surface area contributed by atoms with Gasteiger partial charge in [0, 0.05) is 13.0 Å². The van der Waals surface area contributed by atoms with E-state index < -0.39 is 12.1 Å². The van der Waals surface area contributed by atoms with Gasteiger partial charge in [0.05, 0.1) is 6.61 Å². The maximum atomic E-state index is 10.8. The minimum Gasteiger partial charge on any atom is -0.493 e. The molecule has 1 atom stereocenters. The van der Waals surface area contributed by atoms with Gasteiger partial charge in [-0.3, -0.25) is 0 Å². The van der Waals surface area contributed by atoms with Gasteiger partial charge in [-0.15, -0.1) is 0 Å². The summed E-state index contributed by atoms with van der Waals surface area (Å²) >= 11 is 0. The minimum absolute atomic E-state index is 0.334. The molecule has 0 saturated carbocycles. The van der Waals surface area contributed by atoms with Gasteiger partial charge in [0.15, 0.2) is 6.10 Å². The number of carboxylic acids is 1. The molecule has 1 unspecified atom stereocenters. The third-order valence-corrected chi connectivity index (χ3v) is 2.04. The Morgan fingerprint density at radius 3 is 2.62 bits per heavy atom. The zero-order valence-corrected chi connectivity index (χ0v) is 9.26. The first kappa shape index (κ1) is 12.5. The number of para-hydroxylation sites is 1. The molecule has 0 bridgehead atoms. The standard InChI is InChI=1S/C12H16O4/c1-2-15-11(12(13)14)8-9-16-10-6-4-3-5-7-10/h3-7,11H,2,8-9H2,1H3,(H,13,14). The summed E-state index contributed by atoms with van der Waals surface area (Å²) in [7, 11) is 0. The van der Waals surface area contributed by atoms with Crippen LogP contribution in [-0.2, 0) is 9.53 Å². The number of carbonyl (C=O) groups is 1. The zero-order chi connectivity index (χ0) is 11.8. The van der Waals surface area contributed by atoms with Gasteiger partial charge in [-0.1, -0.05) is 18.2 Å². The number of ether oxygens (including phenoxy) is 2. The number of benzene rings is 1. The van der Waals surface area contributed by atoms with Gasteiger partial charge in [-0.25, -0.2) is 4.79 Å². The second kappa shape index (κ2) is 6.85. The highest BCUT2D eigenvalue weighted by Gasteiger charge is 2.16. The van der Waals surface area contributed by atoms with Gasteiger partial charge in [0.25, 0.3) is 0 Å². The lowest BCUT2D eigenvalue weighted by Gasteiger charge is -2.12. The number of hydrogen-bond donors (Lipinski definition) is 1. The lowest BCUT2D eigenvalue weighted by molar-refractivity contribution is -0.150. The van der Waals surface area contributed by atoms with E-state index in [0.717, 1.165) is 5.75 Å². The third-order valence-electron chi connectivity index (χ3n) is 2.04. The van der Waals surface area contributed by atoms with Crippen molar-refractivity contribution in [2.75, 3.05) is 13.2 Å². The van der Waals surface area contributed by atoms with E-state index in [-0.39, 0.29) is 0 Å². The number of aliphatic carboxylic acids is 1. The predicted molar refractivity (Wildman–Crippen MR) is 59.6 cm³/mol. The number of rotatable bonds is 7. The molecular weight excluding hydrogens is 208 g/mol. The SMILES string of the molecule is CCOC(CCOc1ccccc1)C(=O)O. The Morgan fingerprint density at radius 2 is 2.06 bits per heavy atom. The van der Waals surface area contributed by atoms with Crippen molar-refractivity contribution in [3.63, 3.8) is 0 Å². The summed E-state index contributed by atoms with van der Waals surface area (Å²) < 4.78 is 10.5. The summed E-state index contributed by atoms with van der Waals surface area (Å²) in [5.41, 5.74) is 0. The van der Waals surface area contributed by atoms with Crippen molar-refractivity contribution in [3.8, 4) is 5.75 Å². The van der Waals surface area contributed by atoms with Crippen molar-refractivity contribution in [1.29, 1.82) is 0 Å². The number of hydrogen-bond acceptors (Lipinski definition) is 3. The molecule has 1 N–H and O–H groups in total. The van der Waals surface area contributed by atoms with E-state index >= 15 is 0 Å². The second-order valence-corrected chi connectivity index (χ2v) is 3.23. The molecule has 0 aliphatic heterocycles. The van der Waals surface area contributed by atoms with Gasteiger partial charge in [0.2, 0.25) is 0 Å². The van der Waals surface area contributed by atoms with Crippen LogP contribution in [0, 0.1) is 0 Å². The fourth-order valence-corrected chi connectivity index (χ4v) is 1.28. The summed E-state index contributed by atoms with van der Waals surface area (Å²) in [4.78, 5) is 10.8. The van der Waals surface area contributed by atoms with E-state index in [9.17, 15) is 4.79 Å². The fourth-order valence-electron chi connectivity index (χ4n) is 1.28. The minimum atomic E-state index is -0.946. The molecule has 4 heteroatoms. The topological polar surface area (TPSA) is 55.8 Å². The van der Waals surface area contributed by atoms with Crippen LogP contribution < -0.4 is 4.74 Å². The molecule has 1 aromatic carbocycles. The molecule has 88 valence electrons.